The molecule has 5 heteroatoms. The third-order valence-electron chi connectivity index (χ3n) is 8.23. The van der Waals surface area contributed by atoms with E-state index in [0.29, 0.717) is 33.0 Å². The fraction of sp³-hybridized carbons (Fsp3) is 0. The fourth-order valence-corrected chi connectivity index (χ4v) is 5.84. The Kier molecular flexibility index (Phi) is 4.62. The second-order valence-electron chi connectivity index (χ2n) is 11.3. The molecule has 0 saturated carbocycles. The van der Waals surface area contributed by atoms with Gasteiger partial charge < -0.3 is 4.42 Å². The summed E-state index contributed by atoms with van der Waals surface area (Å²) in [6, 6.07) is 17.9. The molecule has 0 radical (unpaired) electrons. The highest BCUT2D eigenvalue weighted by Crippen LogP contribution is 2.39. The van der Waals surface area contributed by atoms with Crippen molar-refractivity contribution in [1.29, 1.82) is 5.26 Å². The molecule has 2 aromatic heterocycles. The summed E-state index contributed by atoms with van der Waals surface area (Å²) in [5.41, 5.74) is 2.61. The van der Waals surface area contributed by atoms with Crippen LogP contribution in [0.1, 0.15) is 24.8 Å². The fourth-order valence-electron chi connectivity index (χ4n) is 5.84. The molecule has 51 heavy (non-hydrogen) atoms. The van der Waals surface area contributed by atoms with E-state index < -0.39 is 95.7 Å². The van der Waals surface area contributed by atoms with Gasteiger partial charge in [0.25, 0.3) is 0 Å². The van der Waals surface area contributed by atoms with E-state index in [4.69, 9.17) is 27.2 Å². The van der Waals surface area contributed by atoms with Crippen molar-refractivity contribution >= 4 is 21.9 Å². The van der Waals surface area contributed by atoms with Crippen molar-refractivity contribution in [3.8, 4) is 73.6 Å². The van der Waals surface area contributed by atoms with Crippen LogP contribution >= 0.6 is 0 Å². The van der Waals surface area contributed by atoms with E-state index in [1.807, 2.05) is 18.2 Å². The number of aromatic nitrogens is 3. The second kappa shape index (κ2) is 12.7. The largest absolute Gasteiger partial charge is 0.456 e. The van der Waals surface area contributed by atoms with Gasteiger partial charge in [0.15, 0.2) is 17.5 Å². The molecule has 238 valence electrons. The Morgan fingerprint density at radius 2 is 1.12 bits per heavy atom. The van der Waals surface area contributed by atoms with Crippen LogP contribution in [0.25, 0.3) is 89.5 Å². The molecule has 0 fully saturated rings. The number of fused-ring (bicyclic) bond motifs is 3. The predicted octanol–water partition coefficient (Wildman–Crippen LogP) is 11.6. The van der Waals surface area contributed by atoms with Gasteiger partial charge in [0.2, 0.25) is 0 Å². The van der Waals surface area contributed by atoms with Crippen molar-refractivity contribution in [3.05, 3.63) is 175 Å². The number of benzene rings is 7. The summed E-state index contributed by atoms with van der Waals surface area (Å²) in [5.74, 6) is -0.0176. The summed E-state index contributed by atoms with van der Waals surface area (Å²) in [6.07, 6.45) is 0. The maximum atomic E-state index is 9.41. The van der Waals surface area contributed by atoms with E-state index in [0.717, 1.165) is 11.1 Å². The molecule has 0 spiro atoms. The van der Waals surface area contributed by atoms with Crippen molar-refractivity contribution in [3.63, 3.8) is 0 Å². The van der Waals surface area contributed by atoms with Gasteiger partial charge in [-0.05, 0) is 69.8 Å². The molecule has 0 unspecified atom stereocenters. The molecule has 9 rings (SSSR count). The summed E-state index contributed by atoms with van der Waals surface area (Å²) in [4.78, 5) is 14.0. The van der Waals surface area contributed by atoms with Gasteiger partial charge in [0.05, 0.1) is 30.8 Å². The van der Waals surface area contributed by atoms with Crippen molar-refractivity contribution in [2.75, 3.05) is 0 Å². The zero-order valence-electron chi connectivity index (χ0n) is 40.3. The molecule has 0 saturated heterocycles. The van der Waals surface area contributed by atoms with Gasteiger partial charge in [0, 0.05) is 27.5 Å². The summed E-state index contributed by atoms with van der Waals surface area (Å²) >= 11 is 0. The van der Waals surface area contributed by atoms with Gasteiger partial charge >= 0.3 is 0 Å². The van der Waals surface area contributed by atoms with Crippen LogP contribution in [-0.4, -0.2) is 15.0 Å². The molecule has 0 amide bonds. The van der Waals surface area contributed by atoms with E-state index in [2.05, 4.69) is 16.0 Å². The number of furan rings is 1. The predicted molar refractivity (Wildman–Crippen MR) is 204 cm³/mol. The Hall–Kier alpha value is -7.16. The van der Waals surface area contributed by atoms with Crippen LogP contribution in [0.15, 0.2) is 174 Å². The number of hydrogen-bond acceptors (Lipinski definition) is 5. The van der Waals surface area contributed by atoms with E-state index in [1.165, 1.54) is 0 Å². The van der Waals surface area contributed by atoms with E-state index >= 15 is 0 Å². The molecule has 2 heterocycles. The SMILES string of the molecule is [2H]c1c([2H])c([2H])c(-c2nc(-c3ccc(-c4cccc(C#N)c4)cc3)nc(-c3ccc4c(c3)oc3cccc(-c5c([2H])c([2H])c([2H])c(-c6c([2H])c([2H])c([2H])c([2H])c6[2H])c5[2H])c34)n2)c([2H])c1[2H]. The lowest BCUT2D eigenvalue weighted by molar-refractivity contribution is 0.669. The van der Waals surface area contributed by atoms with Crippen LogP contribution in [0.2, 0.25) is 0 Å². The van der Waals surface area contributed by atoms with Crippen LogP contribution in [0.4, 0.5) is 0 Å². The molecular formula is C46H28N4O. The molecule has 0 aliphatic carbocycles. The van der Waals surface area contributed by atoms with Crippen molar-refractivity contribution in [1.82, 2.24) is 15.0 Å². The van der Waals surface area contributed by atoms with E-state index in [1.54, 1.807) is 66.7 Å². The average molecular weight is 667 g/mol. The molecular weight excluding hydrogens is 625 g/mol. The molecule has 0 bridgehead atoms. The minimum Gasteiger partial charge on any atom is -0.456 e. The van der Waals surface area contributed by atoms with Crippen molar-refractivity contribution < 1.29 is 23.6 Å². The molecule has 9 aromatic rings. The van der Waals surface area contributed by atoms with Crippen molar-refractivity contribution in [2.45, 2.75) is 0 Å². The van der Waals surface area contributed by atoms with Crippen LogP contribution in [-0.2, 0) is 0 Å². The Bertz CT molecular complexity index is 3510. The maximum absolute atomic E-state index is 9.41. The quantitative estimate of drug-likeness (QED) is 0.176. The highest BCUT2D eigenvalue weighted by molar-refractivity contribution is 6.13. The molecule has 5 nitrogen and oxygen atoms in total. The zero-order valence-corrected chi connectivity index (χ0v) is 26.3. The lowest BCUT2D eigenvalue weighted by atomic mass is 9.96. The highest BCUT2D eigenvalue weighted by atomic mass is 16.3. The standard InChI is InChI=1S/C46H28N4O/c47-29-30-10-7-15-35(26-30)32-20-22-34(23-21-32)45-48-44(33-13-5-2-6-14-33)49-46(50-45)38-24-25-40-42(28-38)51-41-19-9-18-39(43(40)41)37-17-8-16-36(27-37)31-11-3-1-4-12-31/h1-28H/i1D,2D,3D,4D,5D,6D,8D,11D,12D,13D,14D,16D,17D,27D. The molecule has 0 atom stereocenters. The summed E-state index contributed by atoms with van der Waals surface area (Å²) in [5, 5.41) is 10.3. The van der Waals surface area contributed by atoms with Crippen LogP contribution in [0.5, 0.6) is 0 Å². The summed E-state index contributed by atoms with van der Waals surface area (Å²) in [6.45, 7) is 0. The minimum atomic E-state index is -0.677. The Labute approximate surface area is 314 Å². The van der Waals surface area contributed by atoms with Gasteiger partial charge in [0.1, 0.15) is 11.2 Å². The molecule has 0 aliphatic heterocycles. The first-order valence-corrected chi connectivity index (χ1v) is 15.6. The van der Waals surface area contributed by atoms with Crippen molar-refractivity contribution in [2.24, 2.45) is 0 Å². The first-order valence-electron chi connectivity index (χ1n) is 22.6. The Morgan fingerprint density at radius 3 is 1.88 bits per heavy atom. The topological polar surface area (TPSA) is 75.6 Å². The van der Waals surface area contributed by atoms with Gasteiger partial charge in [-0.1, -0.05) is 133 Å². The first kappa shape index (κ1) is 18.6. The Morgan fingerprint density at radius 1 is 0.490 bits per heavy atom. The van der Waals surface area contributed by atoms with E-state index in [9.17, 15) is 6.63 Å². The number of nitriles is 1. The third-order valence-corrected chi connectivity index (χ3v) is 8.23. The Balaban J connectivity index is 1.23. The number of nitrogens with zero attached hydrogens (tertiary/aromatic N) is 4. The van der Waals surface area contributed by atoms with Gasteiger partial charge in [-0.15, -0.1) is 0 Å². The van der Waals surface area contributed by atoms with Crippen LogP contribution in [0.3, 0.4) is 0 Å². The van der Waals surface area contributed by atoms with Gasteiger partial charge in [-0.3, -0.25) is 0 Å². The third kappa shape index (κ3) is 5.71. The second-order valence-corrected chi connectivity index (χ2v) is 11.3. The monoisotopic (exact) mass is 666 g/mol. The molecule has 0 aliphatic rings. The summed E-state index contributed by atoms with van der Waals surface area (Å²) < 4.78 is 126. The van der Waals surface area contributed by atoms with Crippen LogP contribution in [0, 0.1) is 11.3 Å². The van der Waals surface area contributed by atoms with Gasteiger partial charge in [-0.2, -0.15) is 5.26 Å². The average Bonchev–Trinajstić information content (AvgIpc) is 3.70. The first-order chi connectivity index (χ1) is 31.0. The van der Waals surface area contributed by atoms with E-state index in [-0.39, 0.29) is 39.7 Å². The highest BCUT2D eigenvalue weighted by Gasteiger charge is 2.17. The number of rotatable bonds is 6. The molecule has 7 aromatic carbocycles. The maximum Gasteiger partial charge on any atom is 0.164 e. The summed E-state index contributed by atoms with van der Waals surface area (Å²) in [7, 11) is 0. The number of hydrogen-bond donors (Lipinski definition) is 0. The smallest absolute Gasteiger partial charge is 0.164 e. The lowest BCUT2D eigenvalue weighted by Crippen LogP contribution is -2.00. The molecule has 0 N–H and O–H groups in total. The zero-order chi connectivity index (χ0) is 46.3. The van der Waals surface area contributed by atoms with Gasteiger partial charge in [-0.25, -0.2) is 15.0 Å². The van der Waals surface area contributed by atoms with Crippen LogP contribution < -0.4 is 0 Å². The minimum absolute atomic E-state index is 0.0558. The lowest BCUT2D eigenvalue weighted by Gasteiger charge is -2.09. The normalized spacial score (nSPS) is 15.0.